The van der Waals surface area contributed by atoms with E-state index in [2.05, 4.69) is 36.1 Å². The Morgan fingerprint density at radius 2 is 1.96 bits per heavy atom. The van der Waals surface area contributed by atoms with Gasteiger partial charge in [0, 0.05) is 19.2 Å². The van der Waals surface area contributed by atoms with E-state index >= 15 is 0 Å². The molecule has 4 heteroatoms. The highest BCUT2D eigenvalue weighted by molar-refractivity contribution is 5.30. The van der Waals surface area contributed by atoms with Crippen molar-refractivity contribution in [3.63, 3.8) is 0 Å². The van der Waals surface area contributed by atoms with E-state index in [9.17, 15) is 4.79 Å². The summed E-state index contributed by atoms with van der Waals surface area (Å²) in [6.45, 7) is 5.34. The Morgan fingerprint density at radius 1 is 1.20 bits per heavy atom. The highest BCUT2D eigenvalue weighted by atomic mass is 16.5. The summed E-state index contributed by atoms with van der Waals surface area (Å²) >= 11 is 0. The monoisotopic (exact) mass is 339 g/mol. The highest BCUT2D eigenvalue weighted by Gasteiger charge is 2.22. The Hall–Kier alpha value is -2.07. The molecule has 1 fully saturated rings. The molecule has 1 aromatic heterocycles. The van der Waals surface area contributed by atoms with Gasteiger partial charge in [0.1, 0.15) is 12.0 Å². The number of nitrogens with zero attached hydrogens (tertiary/aromatic N) is 1. The molecule has 132 valence electrons. The SMILES string of the molecule is CC1CCC(COc2coc(CN3Cc4ccccc4C3)cc2=O)C1. The first-order valence-electron chi connectivity index (χ1n) is 9.21. The van der Waals surface area contributed by atoms with E-state index in [1.165, 1.54) is 36.7 Å². The second-order valence-electron chi connectivity index (χ2n) is 7.58. The molecule has 4 rings (SSSR count). The molecule has 0 radical (unpaired) electrons. The van der Waals surface area contributed by atoms with Gasteiger partial charge in [-0.25, -0.2) is 0 Å². The van der Waals surface area contributed by atoms with Crippen molar-refractivity contribution in [2.24, 2.45) is 11.8 Å². The van der Waals surface area contributed by atoms with Crippen molar-refractivity contribution in [3.8, 4) is 5.75 Å². The Kier molecular flexibility index (Phi) is 4.62. The molecule has 2 aliphatic rings. The first-order chi connectivity index (χ1) is 12.2. The molecule has 2 aromatic rings. The third kappa shape index (κ3) is 3.79. The second-order valence-corrected chi connectivity index (χ2v) is 7.58. The molecule has 1 aliphatic carbocycles. The topological polar surface area (TPSA) is 42.7 Å². The summed E-state index contributed by atoms with van der Waals surface area (Å²) in [5.41, 5.74) is 2.63. The van der Waals surface area contributed by atoms with Crippen LogP contribution in [-0.2, 0) is 19.6 Å². The Labute approximate surface area is 148 Å². The molecule has 1 saturated carbocycles. The first-order valence-corrected chi connectivity index (χ1v) is 9.21. The van der Waals surface area contributed by atoms with Gasteiger partial charge in [0.05, 0.1) is 13.2 Å². The average molecular weight is 339 g/mol. The number of benzene rings is 1. The van der Waals surface area contributed by atoms with Crippen LogP contribution in [0.2, 0.25) is 0 Å². The molecule has 1 aliphatic heterocycles. The van der Waals surface area contributed by atoms with E-state index in [1.54, 1.807) is 6.07 Å². The van der Waals surface area contributed by atoms with Crippen molar-refractivity contribution in [2.45, 2.75) is 45.8 Å². The largest absolute Gasteiger partial charge is 0.486 e. The first kappa shape index (κ1) is 16.4. The molecular formula is C21H25NO3. The maximum absolute atomic E-state index is 12.3. The molecule has 0 N–H and O–H groups in total. The van der Waals surface area contributed by atoms with E-state index in [-0.39, 0.29) is 5.43 Å². The minimum Gasteiger partial charge on any atom is -0.486 e. The van der Waals surface area contributed by atoms with Crippen LogP contribution in [0.4, 0.5) is 0 Å². The molecule has 1 aromatic carbocycles. The van der Waals surface area contributed by atoms with Gasteiger partial charge >= 0.3 is 0 Å². The van der Waals surface area contributed by atoms with Crippen molar-refractivity contribution < 1.29 is 9.15 Å². The van der Waals surface area contributed by atoms with Gasteiger partial charge in [0.15, 0.2) is 0 Å². The smallest absolute Gasteiger partial charge is 0.227 e. The summed E-state index contributed by atoms with van der Waals surface area (Å²) in [6, 6.07) is 10.0. The predicted molar refractivity (Wildman–Crippen MR) is 96.4 cm³/mol. The molecular weight excluding hydrogens is 314 g/mol. The van der Waals surface area contributed by atoms with Crippen molar-refractivity contribution in [3.05, 3.63) is 63.7 Å². The van der Waals surface area contributed by atoms with Gasteiger partial charge < -0.3 is 9.15 Å². The molecule has 25 heavy (non-hydrogen) atoms. The van der Waals surface area contributed by atoms with Crippen LogP contribution in [0.25, 0.3) is 0 Å². The number of hydrogen-bond acceptors (Lipinski definition) is 4. The second kappa shape index (κ2) is 7.04. The van der Waals surface area contributed by atoms with Gasteiger partial charge in [0.2, 0.25) is 11.2 Å². The summed E-state index contributed by atoms with van der Waals surface area (Å²) in [6.07, 6.45) is 5.14. The standard InChI is InChI=1S/C21H25NO3/c1-15-6-7-16(8-15)13-25-21-14-24-19(9-20(21)23)12-22-10-17-4-2-3-5-18(17)11-22/h2-5,9,14-16H,6-8,10-13H2,1H3. The average Bonchev–Trinajstić information content (AvgIpc) is 3.19. The summed E-state index contributed by atoms with van der Waals surface area (Å²) in [5.74, 6) is 2.38. The van der Waals surface area contributed by atoms with Crippen LogP contribution in [0.15, 0.2) is 45.8 Å². The normalized spacial score (nSPS) is 22.9. The number of ether oxygens (including phenoxy) is 1. The van der Waals surface area contributed by atoms with Gasteiger partial charge in [-0.1, -0.05) is 37.6 Å². The maximum atomic E-state index is 12.3. The van der Waals surface area contributed by atoms with Crippen LogP contribution >= 0.6 is 0 Å². The van der Waals surface area contributed by atoms with E-state index in [4.69, 9.17) is 9.15 Å². The number of hydrogen-bond donors (Lipinski definition) is 0. The Morgan fingerprint density at radius 3 is 2.60 bits per heavy atom. The molecule has 0 saturated heterocycles. The van der Waals surface area contributed by atoms with Gasteiger partial charge in [-0.15, -0.1) is 0 Å². The lowest BCUT2D eigenvalue weighted by molar-refractivity contribution is 0.228. The summed E-state index contributed by atoms with van der Waals surface area (Å²) in [5, 5.41) is 0. The van der Waals surface area contributed by atoms with Gasteiger partial charge in [0.25, 0.3) is 0 Å². The fourth-order valence-corrected chi connectivity index (χ4v) is 4.05. The zero-order chi connectivity index (χ0) is 17.2. The predicted octanol–water partition coefficient (Wildman–Crippen LogP) is 3.97. The fourth-order valence-electron chi connectivity index (χ4n) is 4.05. The Bertz CT molecular complexity index is 773. The lowest BCUT2D eigenvalue weighted by Crippen LogP contribution is -2.18. The Balaban J connectivity index is 1.35. The minimum absolute atomic E-state index is 0.0796. The van der Waals surface area contributed by atoms with E-state index in [0.29, 0.717) is 30.6 Å². The lowest BCUT2D eigenvalue weighted by Gasteiger charge is -2.14. The van der Waals surface area contributed by atoms with Crippen molar-refractivity contribution in [2.75, 3.05) is 6.61 Å². The lowest BCUT2D eigenvalue weighted by atomic mass is 10.1. The van der Waals surface area contributed by atoms with Crippen LogP contribution in [0.5, 0.6) is 5.75 Å². The van der Waals surface area contributed by atoms with Crippen molar-refractivity contribution in [1.29, 1.82) is 0 Å². The zero-order valence-corrected chi connectivity index (χ0v) is 14.7. The van der Waals surface area contributed by atoms with Crippen LogP contribution in [0.3, 0.4) is 0 Å². The van der Waals surface area contributed by atoms with Crippen LogP contribution in [0.1, 0.15) is 43.1 Å². The third-order valence-electron chi connectivity index (χ3n) is 5.42. The van der Waals surface area contributed by atoms with Gasteiger partial charge in [-0.3, -0.25) is 9.69 Å². The molecule has 4 nitrogen and oxygen atoms in total. The van der Waals surface area contributed by atoms with Crippen molar-refractivity contribution >= 4 is 0 Å². The summed E-state index contributed by atoms with van der Waals surface area (Å²) in [4.78, 5) is 14.6. The highest BCUT2D eigenvalue weighted by Crippen LogP contribution is 2.30. The number of fused-ring (bicyclic) bond motifs is 1. The molecule has 2 atom stereocenters. The van der Waals surface area contributed by atoms with Gasteiger partial charge in [-0.2, -0.15) is 0 Å². The summed E-state index contributed by atoms with van der Waals surface area (Å²) < 4.78 is 11.4. The molecule has 0 bridgehead atoms. The zero-order valence-electron chi connectivity index (χ0n) is 14.7. The molecule has 0 spiro atoms. The molecule has 2 heterocycles. The van der Waals surface area contributed by atoms with Crippen LogP contribution < -0.4 is 10.2 Å². The third-order valence-corrected chi connectivity index (χ3v) is 5.42. The minimum atomic E-state index is -0.0796. The number of rotatable bonds is 5. The quantitative estimate of drug-likeness (QED) is 0.827. The molecule has 0 amide bonds. The fraction of sp³-hybridized carbons (Fsp3) is 0.476. The van der Waals surface area contributed by atoms with Crippen molar-refractivity contribution in [1.82, 2.24) is 4.90 Å². The van der Waals surface area contributed by atoms with Gasteiger partial charge in [-0.05, 0) is 35.8 Å². The summed E-state index contributed by atoms with van der Waals surface area (Å²) in [7, 11) is 0. The van der Waals surface area contributed by atoms with Crippen LogP contribution in [0, 0.1) is 11.8 Å². The molecule has 2 unspecified atom stereocenters. The van der Waals surface area contributed by atoms with E-state index in [0.717, 1.165) is 19.0 Å². The van der Waals surface area contributed by atoms with E-state index in [1.807, 2.05) is 0 Å². The van der Waals surface area contributed by atoms with Crippen LogP contribution in [-0.4, -0.2) is 11.5 Å². The van der Waals surface area contributed by atoms with E-state index < -0.39 is 0 Å². The maximum Gasteiger partial charge on any atom is 0.227 e.